The molecule has 1 amide bonds. The highest BCUT2D eigenvalue weighted by Crippen LogP contribution is 2.36. The molecule has 1 aliphatic heterocycles. The molecule has 0 radical (unpaired) electrons. The number of halogens is 2. The van der Waals surface area contributed by atoms with Gasteiger partial charge in [-0.05, 0) is 35.9 Å². The lowest BCUT2D eigenvalue weighted by Gasteiger charge is -2.37. The van der Waals surface area contributed by atoms with Crippen molar-refractivity contribution in [3.8, 4) is 11.4 Å². The lowest BCUT2D eigenvalue weighted by atomic mass is 10.0. The topological polar surface area (TPSA) is 124 Å². The monoisotopic (exact) mass is 650 g/mol. The average molecular weight is 651 g/mol. The Bertz CT molecular complexity index is 1260. The standard InChI is InChI=1S/C21H24ClIN6O4S2/c1-9-14(23)13(22)16(24-9)18(30)25-10-5-6-29(7-12(10)33-4)21-27-15(17(35-21)19(31)32)11-8-34-20(26-11)28(2)3/h8,10,12,24H,5-7H2,1-4H3,(H,25,30)(H,31,32)/t10-,12+/m1/s1. The first kappa shape index (κ1) is 26.1. The van der Waals surface area contributed by atoms with Gasteiger partial charge < -0.3 is 29.9 Å². The normalized spacial score (nSPS) is 18.1. The molecule has 0 unspecified atom stereocenters. The summed E-state index contributed by atoms with van der Waals surface area (Å²) in [5, 5.41) is 16.4. The van der Waals surface area contributed by atoms with Gasteiger partial charge in [0.1, 0.15) is 22.0 Å². The van der Waals surface area contributed by atoms with E-state index in [1.807, 2.05) is 36.2 Å². The lowest BCUT2D eigenvalue weighted by molar-refractivity contribution is 0.0540. The zero-order valence-corrected chi connectivity index (χ0v) is 23.9. The number of hydrogen-bond acceptors (Lipinski definition) is 9. The second-order valence-corrected chi connectivity index (χ2v) is 11.5. The molecule has 10 nitrogen and oxygen atoms in total. The predicted molar refractivity (Wildman–Crippen MR) is 147 cm³/mol. The highest BCUT2D eigenvalue weighted by atomic mass is 127. The van der Waals surface area contributed by atoms with E-state index in [1.54, 1.807) is 7.11 Å². The highest BCUT2D eigenvalue weighted by molar-refractivity contribution is 14.1. The molecule has 4 heterocycles. The summed E-state index contributed by atoms with van der Waals surface area (Å²) in [7, 11) is 5.36. The van der Waals surface area contributed by atoms with Crippen molar-refractivity contribution >= 4 is 79.0 Å². The molecule has 188 valence electrons. The average Bonchev–Trinajstić information content (AvgIpc) is 3.54. The van der Waals surface area contributed by atoms with Gasteiger partial charge in [0.25, 0.3) is 5.91 Å². The molecule has 1 saturated heterocycles. The van der Waals surface area contributed by atoms with E-state index in [2.05, 4.69) is 42.9 Å². The summed E-state index contributed by atoms with van der Waals surface area (Å²) in [5.41, 5.74) is 2.07. The molecule has 4 rings (SSSR count). The largest absolute Gasteiger partial charge is 0.477 e. The Balaban J connectivity index is 1.52. The first-order valence-corrected chi connectivity index (χ1v) is 13.8. The Morgan fingerprint density at radius 3 is 2.71 bits per heavy atom. The molecule has 3 N–H and O–H groups in total. The van der Waals surface area contributed by atoms with Crippen molar-refractivity contribution in [2.75, 3.05) is 44.1 Å². The van der Waals surface area contributed by atoms with Crippen molar-refractivity contribution in [3.63, 3.8) is 0 Å². The fraction of sp³-hybridized carbons (Fsp3) is 0.429. The van der Waals surface area contributed by atoms with Gasteiger partial charge in [-0.25, -0.2) is 14.8 Å². The van der Waals surface area contributed by atoms with E-state index in [0.717, 1.165) is 25.7 Å². The van der Waals surface area contributed by atoms with Crippen LogP contribution in [-0.2, 0) is 4.74 Å². The summed E-state index contributed by atoms with van der Waals surface area (Å²) in [6.45, 7) is 2.88. The van der Waals surface area contributed by atoms with Gasteiger partial charge in [0.2, 0.25) is 0 Å². The summed E-state index contributed by atoms with van der Waals surface area (Å²) < 4.78 is 6.51. The van der Waals surface area contributed by atoms with Crippen LogP contribution in [0.3, 0.4) is 0 Å². The Morgan fingerprint density at radius 1 is 1.40 bits per heavy atom. The number of carboxylic acid groups (broad SMARTS) is 1. The maximum atomic E-state index is 12.9. The summed E-state index contributed by atoms with van der Waals surface area (Å²) in [4.78, 5) is 41.0. The SMILES string of the molecule is CO[C@H]1CN(c2nc(-c3csc(N(C)C)n3)c(C(=O)O)s2)CC[C@H]1NC(=O)c1[nH]c(C)c(I)c1Cl. The van der Waals surface area contributed by atoms with Gasteiger partial charge in [-0.1, -0.05) is 22.9 Å². The van der Waals surface area contributed by atoms with E-state index in [1.165, 1.54) is 11.3 Å². The van der Waals surface area contributed by atoms with Gasteiger partial charge in [0.15, 0.2) is 10.3 Å². The first-order valence-electron chi connectivity index (χ1n) is 10.6. The Kier molecular flexibility index (Phi) is 7.90. The molecule has 0 bridgehead atoms. The quantitative estimate of drug-likeness (QED) is 0.329. The smallest absolute Gasteiger partial charge is 0.348 e. The van der Waals surface area contributed by atoms with E-state index < -0.39 is 5.97 Å². The van der Waals surface area contributed by atoms with Crippen molar-refractivity contribution in [2.24, 2.45) is 0 Å². The summed E-state index contributed by atoms with van der Waals surface area (Å²) >= 11 is 11.0. The second kappa shape index (κ2) is 10.6. The van der Waals surface area contributed by atoms with Gasteiger partial charge >= 0.3 is 5.97 Å². The van der Waals surface area contributed by atoms with E-state index >= 15 is 0 Å². The Hall–Kier alpha value is -1.94. The number of aromatic carboxylic acids is 1. The number of carbonyl (C=O) groups excluding carboxylic acids is 1. The third-order valence-electron chi connectivity index (χ3n) is 5.66. The summed E-state index contributed by atoms with van der Waals surface area (Å²) in [6, 6.07) is -0.236. The van der Waals surface area contributed by atoms with Gasteiger partial charge in [0, 0.05) is 45.4 Å². The number of thiazole rings is 2. The number of aryl methyl sites for hydroxylation is 1. The zero-order chi connectivity index (χ0) is 25.4. The number of amides is 1. The van der Waals surface area contributed by atoms with Crippen molar-refractivity contribution in [2.45, 2.75) is 25.5 Å². The molecular formula is C21H24ClIN6O4S2. The minimum Gasteiger partial charge on any atom is -0.477 e. The van der Waals surface area contributed by atoms with Crippen LogP contribution in [0.2, 0.25) is 5.02 Å². The van der Waals surface area contributed by atoms with Gasteiger partial charge in [0.05, 0.1) is 20.7 Å². The number of carbonyl (C=O) groups is 2. The number of ether oxygens (including phenoxy) is 1. The number of nitrogens with one attached hydrogen (secondary N) is 2. The number of piperidine rings is 1. The van der Waals surface area contributed by atoms with E-state index in [-0.39, 0.29) is 22.9 Å². The van der Waals surface area contributed by atoms with Crippen molar-refractivity contribution in [3.05, 3.63) is 30.2 Å². The maximum absolute atomic E-state index is 12.9. The van der Waals surface area contributed by atoms with Gasteiger partial charge in [-0.3, -0.25) is 4.79 Å². The molecule has 0 aliphatic carbocycles. The number of rotatable bonds is 7. The Morgan fingerprint density at radius 2 is 2.14 bits per heavy atom. The van der Waals surface area contributed by atoms with Crippen LogP contribution in [0.4, 0.5) is 10.3 Å². The second-order valence-electron chi connectivity index (χ2n) is 8.23. The van der Waals surface area contributed by atoms with Crippen LogP contribution in [0.25, 0.3) is 11.4 Å². The van der Waals surface area contributed by atoms with E-state index in [4.69, 9.17) is 16.3 Å². The molecule has 0 aromatic carbocycles. The molecule has 35 heavy (non-hydrogen) atoms. The van der Waals surface area contributed by atoms with Gasteiger partial charge in [-0.15, -0.1) is 11.3 Å². The fourth-order valence-corrected chi connectivity index (χ4v) is 6.18. The summed E-state index contributed by atoms with van der Waals surface area (Å²) in [6.07, 6.45) is 0.277. The molecule has 14 heteroatoms. The van der Waals surface area contributed by atoms with Crippen LogP contribution in [0.5, 0.6) is 0 Å². The van der Waals surface area contributed by atoms with Crippen LogP contribution in [0.15, 0.2) is 5.38 Å². The third-order valence-corrected chi connectivity index (χ3v) is 9.82. The minimum absolute atomic E-state index is 0.145. The molecule has 0 saturated carbocycles. The number of aromatic amines is 1. The lowest BCUT2D eigenvalue weighted by Crippen LogP contribution is -2.55. The number of methoxy groups -OCH3 is 1. The van der Waals surface area contributed by atoms with Crippen molar-refractivity contribution < 1.29 is 19.4 Å². The van der Waals surface area contributed by atoms with Gasteiger partial charge in [-0.2, -0.15) is 0 Å². The molecule has 3 aromatic rings. The number of H-pyrrole nitrogens is 1. The van der Waals surface area contributed by atoms with Crippen molar-refractivity contribution in [1.82, 2.24) is 20.3 Å². The van der Waals surface area contributed by atoms with Crippen LogP contribution in [-0.4, -0.2) is 78.4 Å². The first-order chi connectivity index (χ1) is 16.6. The number of anilines is 2. The molecule has 1 fully saturated rings. The van der Waals surface area contributed by atoms with E-state index in [0.29, 0.717) is 46.7 Å². The van der Waals surface area contributed by atoms with Crippen LogP contribution in [0, 0.1) is 10.5 Å². The number of aromatic nitrogens is 3. The third kappa shape index (κ3) is 5.28. The van der Waals surface area contributed by atoms with Crippen LogP contribution in [0.1, 0.15) is 32.3 Å². The van der Waals surface area contributed by atoms with Crippen molar-refractivity contribution in [1.29, 1.82) is 0 Å². The molecule has 2 atom stereocenters. The van der Waals surface area contributed by atoms with Crippen LogP contribution >= 0.6 is 56.9 Å². The highest BCUT2D eigenvalue weighted by Gasteiger charge is 2.34. The number of carboxylic acids is 1. The maximum Gasteiger partial charge on any atom is 0.348 e. The molecule has 3 aromatic heterocycles. The zero-order valence-electron chi connectivity index (χ0n) is 19.4. The minimum atomic E-state index is -1.04. The van der Waals surface area contributed by atoms with Crippen LogP contribution < -0.4 is 15.1 Å². The molecule has 1 aliphatic rings. The van der Waals surface area contributed by atoms with E-state index in [9.17, 15) is 14.7 Å². The molecule has 0 spiro atoms. The molecular weight excluding hydrogens is 627 g/mol. The Labute approximate surface area is 228 Å². The summed E-state index contributed by atoms with van der Waals surface area (Å²) in [5.74, 6) is -1.33. The number of nitrogens with zero attached hydrogens (tertiary/aromatic N) is 4. The predicted octanol–water partition coefficient (Wildman–Crippen LogP) is 3.95. The fourth-order valence-electron chi connectivity index (χ4n) is 3.80. The number of hydrogen-bond donors (Lipinski definition) is 3.